The van der Waals surface area contributed by atoms with E-state index < -0.39 is 0 Å². The van der Waals surface area contributed by atoms with Gasteiger partial charge in [0.15, 0.2) is 0 Å². The van der Waals surface area contributed by atoms with Gasteiger partial charge < -0.3 is 15.0 Å². The van der Waals surface area contributed by atoms with Crippen molar-refractivity contribution in [1.82, 2.24) is 20.1 Å². The maximum atomic E-state index is 13.0. The number of nitriles is 1. The summed E-state index contributed by atoms with van der Waals surface area (Å²) >= 11 is 1.67. The quantitative estimate of drug-likeness (QED) is 0.292. The van der Waals surface area contributed by atoms with E-state index in [1.807, 2.05) is 11.6 Å². The van der Waals surface area contributed by atoms with Crippen LogP contribution in [0, 0.1) is 11.3 Å². The van der Waals surface area contributed by atoms with E-state index in [1.54, 1.807) is 59.6 Å². The summed E-state index contributed by atoms with van der Waals surface area (Å²) in [6, 6.07) is 9.25. The monoisotopic (exact) mass is 546 g/mol. The number of piperidine rings is 2. The lowest BCUT2D eigenvalue weighted by Gasteiger charge is -2.32. The third-order valence-electron chi connectivity index (χ3n) is 7.02. The maximum absolute atomic E-state index is 13.0. The molecule has 0 saturated carbocycles. The van der Waals surface area contributed by atoms with Gasteiger partial charge in [-0.15, -0.1) is 11.3 Å². The molecule has 204 valence electrons. The van der Waals surface area contributed by atoms with Crippen LogP contribution in [-0.4, -0.2) is 71.6 Å². The topological polar surface area (TPSA) is 111 Å². The van der Waals surface area contributed by atoms with Gasteiger partial charge in [-0.05, 0) is 56.8 Å². The van der Waals surface area contributed by atoms with Crippen molar-refractivity contribution in [3.05, 3.63) is 69.8 Å². The summed E-state index contributed by atoms with van der Waals surface area (Å²) in [6.07, 6.45) is 8.19. The normalized spacial score (nSPS) is 17.9. The minimum atomic E-state index is -0.209. The number of allylic oxidation sites excluding steroid dienone is 2. The van der Waals surface area contributed by atoms with Crippen molar-refractivity contribution < 1.29 is 14.3 Å². The molecule has 1 N–H and O–H groups in total. The number of ether oxygens (including phenoxy) is 1. The first-order valence-electron chi connectivity index (χ1n) is 13.2. The Balaban J connectivity index is 1.22. The molecule has 2 aliphatic rings. The molecule has 2 amide bonds. The average molecular weight is 547 g/mol. The van der Waals surface area contributed by atoms with E-state index in [0.717, 1.165) is 37.5 Å². The Morgan fingerprint density at radius 1 is 1.18 bits per heavy atom. The highest BCUT2D eigenvalue weighted by Crippen LogP contribution is 2.21. The molecule has 1 aromatic carbocycles. The number of aromatic nitrogens is 1. The van der Waals surface area contributed by atoms with Crippen molar-refractivity contribution in [1.29, 1.82) is 5.26 Å². The zero-order chi connectivity index (χ0) is 27.6. The molecule has 2 aromatic rings. The summed E-state index contributed by atoms with van der Waals surface area (Å²) in [4.78, 5) is 38.1. The summed E-state index contributed by atoms with van der Waals surface area (Å²) in [5.74, 6) is 0.368. The predicted octanol–water partition coefficient (Wildman–Crippen LogP) is 3.70. The van der Waals surface area contributed by atoms with Gasteiger partial charge in [0.2, 0.25) is 5.91 Å². The number of nitrogens with zero attached hydrogens (tertiary/aromatic N) is 5. The Kier molecular flexibility index (Phi) is 10.00. The highest BCUT2D eigenvalue weighted by molar-refractivity contribution is 7.09. The molecule has 2 aliphatic heterocycles. The van der Waals surface area contributed by atoms with Crippen molar-refractivity contribution in [3.63, 3.8) is 0 Å². The number of carbonyl (C=O) groups excluding carboxylic acids is 2. The largest absolute Gasteiger partial charge is 0.490 e. The Bertz CT molecular complexity index is 1230. The molecule has 3 heterocycles. The van der Waals surface area contributed by atoms with E-state index in [4.69, 9.17) is 10.00 Å². The predicted molar refractivity (Wildman–Crippen MR) is 151 cm³/mol. The highest BCUT2D eigenvalue weighted by Gasteiger charge is 2.26. The van der Waals surface area contributed by atoms with Crippen LogP contribution in [0.25, 0.3) is 0 Å². The molecule has 0 atom stereocenters. The molecule has 0 aliphatic carbocycles. The SMILES string of the molecule is C=N/C(=C\C=C(/C)C(=O)NC1CCN(Cc2nccs2)CC1)C(=O)N1CCC(Oc2ccc(C#N)cc2)CC1. The number of rotatable bonds is 9. The number of hydrogen-bond donors (Lipinski definition) is 1. The molecule has 2 saturated heterocycles. The van der Waals surface area contributed by atoms with Gasteiger partial charge >= 0.3 is 0 Å². The fraction of sp³-hybridized carbons (Fsp3) is 0.414. The Morgan fingerprint density at radius 2 is 1.90 bits per heavy atom. The van der Waals surface area contributed by atoms with Gasteiger partial charge in [0.05, 0.1) is 18.2 Å². The lowest BCUT2D eigenvalue weighted by atomic mass is 10.0. The molecule has 2 fully saturated rings. The van der Waals surface area contributed by atoms with Crippen LogP contribution in [0.4, 0.5) is 0 Å². The minimum Gasteiger partial charge on any atom is -0.490 e. The smallest absolute Gasteiger partial charge is 0.272 e. The van der Waals surface area contributed by atoms with Gasteiger partial charge in [0, 0.05) is 62.2 Å². The maximum Gasteiger partial charge on any atom is 0.272 e. The molecule has 4 rings (SSSR count). The number of carbonyl (C=O) groups is 2. The molecule has 1 aromatic heterocycles. The highest BCUT2D eigenvalue weighted by atomic mass is 32.1. The van der Waals surface area contributed by atoms with Gasteiger partial charge in [-0.2, -0.15) is 5.26 Å². The standard InChI is InChI=1S/C29H34N6O3S/c1-21(28(36)33-23-9-14-34(15-10-23)20-27-32-13-18-39-27)3-8-26(31-2)29(37)35-16-11-25(12-17-35)38-24-6-4-22(19-30)5-7-24/h3-8,13,18,23,25H,2,9-12,14-17,20H2,1H3,(H,33,36)/b21-3+,26-8-. The van der Waals surface area contributed by atoms with E-state index in [9.17, 15) is 9.59 Å². The van der Waals surface area contributed by atoms with Crippen LogP contribution in [0.2, 0.25) is 0 Å². The van der Waals surface area contributed by atoms with Gasteiger partial charge in [-0.1, -0.05) is 6.08 Å². The molecule has 0 spiro atoms. The lowest BCUT2D eigenvalue weighted by Crippen LogP contribution is -2.44. The van der Waals surface area contributed by atoms with Gasteiger partial charge in [0.25, 0.3) is 5.91 Å². The van der Waals surface area contributed by atoms with Crippen LogP contribution in [0.15, 0.2) is 64.3 Å². The summed E-state index contributed by atoms with van der Waals surface area (Å²) in [6.45, 7) is 9.07. The third-order valence-corrected chi connectivity index (χ3v) is 7.78. The van der Waals surface area contributed by atoms with E-state index in [1.165, 1.54) is 0 Å². The zero-order valence-corrected chi connectivity index (χ0v) is 23.0. The zero-order valence-electron chi connectivity index (χ0n) is 22.2. The third kappa shape index (κ3) is 8.09. The van der Waals surface area contributed by atoms with Crippen LogP contribution in [0.3, 0.4) is 0 Å². The number of thiazole rings is 1. The number of hydrogen-bond acceptors (Lipinski definition) is 8. The first-order chi connectivity index (χ1) is 18.9. The molecule has 0 bridgehead atoms. The van der Waals surface area contributed by atoms with Gasteiger partial charge in [0.1, 0.15) is 22.6 Å². The lowest BCUT2D eigenvalue weighted by molar-refractivity contribution is -0.129. The molecule has 0 radical (unpaired) electrons. The van der Waals surface area contributed by atoms with Gasteiger partial charge in [-0.3, -0.25) is 19.5 Å². The second-order valence-electron chi connectivity index (χ2n) is 9.76. The number of nitrogens with one attached hydrogen (secondary N) is 1. The first kappa shape index (κ1) is 28.2. The van der Waals surface area contributed by atoms with E-state index >= 15 is 0 Å². The van der Waals surface area contributed by atoms with Crippen LogP contribution in [0.5, 0.6) is 5.75 Å². The van der Waals surface area contributed by atoms with Crippen LogP contribution in [-0.2, 0) is 16.1 Å². The second-order valence-corrected chi connectivity index (χ2v) is 10.7. The van der Waals surface area contributed by atoms with Crippen molar-refractivity contribution in [3.8, 4) is 11.8 Å². The van der Waals surface area contributed by atoms with Crippen molar-refractivity contribution in [2.75, 3.05) is 26.2 Å². The van der Waals surface area contributed by atoms with Gasteiger partial charge in [-0.25, -0.2) is 4.98 Å². The van der Waals surface area contributed by atoms with Crippen molar-refractivity contribution in [2.24, 2.45) is 4.99 Å². The van der Waals surface area contributed by atoms with Crippen molar-refractivity contribution in [2.45, 2.75) is 51.3 Å². The van der Waals surface area contributed by atoms with Crippen molar-refractivity contribution >= 4 is 29.9 Å². The van der Waals surface area contributed by atoms with E-state index in [2.05, 4.69) is 33.0 Å². The number of amides is 2. The molecule has 39 heavy (non-hydrogen) atoms. The Labute approximate surface area is 233 Å². The molecular formula is C29H34N6O3S. The first-order valence-corrected chi connectivity index (χ1v) is 14.1. The number of benzene rings is 1. The summed E-state index contributed by atoms with van der Waals surface area (Å²) < 4.78 is 6.01. The fourth-order valence-electron chi connectivity index (χ4n) is 4.67. The summed E-state index contributed by atoms with van der Waals surface area (Å²) in [5.41, 5.74) is 1.32. The fourth-order valence-corrected chi connectivity index (χ4v) is 5.33. The minimum absolute atomic E-state index is 0.00355. The molecule has 10 heteroatoms. The Hall–Kier alpha value is -3.81. The summed E-state index contributed by atoms with van der Waals surface area (Å²) in [5, 5.41) is 15.2. The Morgan fingerprint density at radius 3 is 2.51 bits per heavy atom. The van der Waals surface area contributed by atoms with Crippen LogP contribution in [0.1, 0.15) is 43.2 Å². The van der Waals surface area contributed by atoms with E-state index in [0.29, 0.717) is 42.8 Å². The van der Waals surface area contributed by atoms with E-state index in [-0.39, 0.29) is 29.7 Å². The summed E-state index contributed by atoms with van der Waals surface area (Å²) in [7, 11) is 0. The van der Waals surface area contributed by atoms with Crippen LogP contribution >= 0.6 is 11.3 Å². The van der Waals surface area contributed by atoms with Crippen LogP contribution < -0.4 is 10.1 Å². The molecular weight excluding hydrogens is 512 g/mol. The average Bonchev–Trinajstić information content (AvgIpc) is 3.48. The molecule has 0 unspecified atom stereocenters. The molecule has 9 nitrogen and oxygen atoms in total. The number of likely N-dealkylation sites (tertiary alicyclic amines) is 2. The second kappa shape index (κ2) is 13.8. The number of aliphatic imine (C=N–C) groups is 1.